The number of fused-ring (bicyclic) bond motifs is 10. The maximum atomic E-state index is 6.70. The van der Waals surface area contributed by atoms with Crippen LogP contribution in [0.5, 0.6) is 11.5 Å². The van der Waals surface area contributed by atoms with Crippen molar-refractivity contribution in [1.82, 2.24) is 9.13 Å². The van der Waals surface area contributed by atoms with E-state index in [0.29, 0.717) is 0 Å². The predicted molar refractivity (Wildman–Crippen MR) is 225 cm³/mol. The molecule has 3 aromatic heterocycles. The van der Waals surface area contributed by atoms with Crippen LogP contribution in [-0.4, -0.2) is 9.13 Å². The molecule has 5 heteroatoms. The molecule has 0 atom stereocenters. The summed E-state index contributed by atoms with van der Waals surface area (Å²) in [6.45, 7) is 0. The van der Waals surface area contributed by atoms with Crippen LogP contribution >= 0.6 is 0 Å². The van der Waals surface area contributed by atoms with Crippen LogP contribution in [0, 0.1) is 0 Å². The Hall–Kier alpha value is -7.50. The molecule has 11 aromatic rings. The molecular weight excluding hydrogens is 675 g/mol. The molecule has 0 spiro atoms. The van der Waals surface area contributed by atoms with Crippen LogP contribution in [0.4, 0.5) is 17.1 Å². The topological polar surface area (TPSA) is 35.5 Å². The Bertz CT molecular complexity index is 3250. The third kappa shape index (κ3) is 4.35. The van der Waals surface area contributed by atoms with E-state index < -0.39 is 0 Å². The molecule has 4 heterocycles. The number of hydrogen-bond donors (Lipinski definition) is 0. The minimum atomic E-state index is 0.845. The van der Waals surface area contributed by atoms with Gasteiger partial charge in [-0.05, 0) is 96.1 Å². The molecule has 0 saturated heterocycles. The van der Waals surface area contributed by atoms with Crippen LogP contribution in [0.2, 0.25) is 0 Å². The predicted octanol–water partition coefficient (Wildman–Crippen LogP) is 13.9. The summed E-state index contributed by atoms with van der Waals surface area (Å²) < 4.78 is 17.6. The fraction of sp³-hybridized carbons (Fsp3) is 0. The van der Waals surface area contributed by atoms with Crippen molar-refractivity contribution in [1.29, 1.82) is 0 Å². The van der Waals surface area contributed by atoms with E-state index in [9.17, 15) is 0 Å². The van der Waals surface area contributed by atoms with E-state index in [-0.39, 0.29) is 0 Å². The van der Waals surface area contributed by atoms with Crippen molar-refractivity contribution in [2.45, 2.75) is 0 Å². The summed E-state index contributed by atoms with van der Waals surface area (Å²) in [7, 11) is 0. The molecule has 8 aromatic carbocycles. The Balaban J connectivity index is 1.01. The number of anilines is 3. The quantitative estimate of drug-likeness (QED) is 0.183. The van der Waals surface area contributed by atoms with Gasteiger partial charge < -0.3 is 18.6 Å². The van der Waals surface area contributed by atoms with Crippen LogP contribution in [0.25, 0.3) is 77.3 Å². The number of aromatic nitrogens is 2. The van der Waals surface area contributed by atoms with Gasteiger partial charge in [-0.1, -0.05) is 103 Å². The molecule has 0 amide bonds. The number of para-hydroxylation sites is 7. The molecule has 0 bridgehead atoms. The van der Waals surface area contributed by atoms with Gasteiger partial charge in [0.1, 0.15) is 5.58 Å². The third-order valence-electron chi connectivity index (χ3n) is 11.1. The molecule has 1 aliphatic rings. The highest BCUT2D eigenvalue weighted by Gasteiger charge is 2.26. The van der Waals surface area contributed by atoms with Crippen LogP contribution < -0.4 is 9.64 Å². The largest absolute Gasteiger partial charge is 0.453 e. The lowest BCUT2D eigenvalue weighted by Gasteiger charge is -2.32. The second-order valence-corrected chi connectivity index (χ2v) is 14.1. The van der Waals surface area contributed by atoms with Gasteiger partial charge in [-0.15, -0.1) is 0 Å². The molecule has 0 unspecified atom stereocenters. The highest BCUT2D eigenvalue weighted by molar-refractivity contribution is 6.23. The lowest BCUT2D eigenvalue weighted by Crippen LogP contribution is -2.15. The summed E-state index contributed by atoms with van der Waals surface area (Å²) in [5, 5.41) is 5.85. The Morgan fingerprint density at radius 3 is 1.75 bits per heavy atom. The van der Waals surface area contributed by atoms with Crippen molar-refractivity contribution in [2.75, 3.05) is 4.90 Å². The van der Waals surface area contributed by atoms with E-state index in [1.54, 1.807) is 0 Å². The minimum absolute atomic E-state index is 0.845. The molecule has 0 N–H and O–H groups in total. The fourth-order valence-corrected chi connectivity index (χ4v) is 8.76. The summed E-state index contributed by atoms with van der Waals surface area (Å²) in [6, 6.07) is 66.4. The maximum Gasteiger partial charge on any atom is 0.213 e. The second kappa shape index (κ2) is 11.5. The van der Waals surface area contributed by atoms with Crippen molar-refractivity contribution in [2.24, 2.45) is 0 Å². The van der Waals surface area contributed by atoms with Gasteiger partial charge in [0.05, 0.1) is 33.3 Å². The van der Waals surface area contributed by atoms with Gasteiger partial charge in [0.2, 0.25) is 5.71 Å². The van der Waals surface area contributed by atoms with Crippen molar-refractivity contribution < 1.29 is 9.15 Å². The second-order valence-electron chi connectivity index (χ2n) is 14.1. The first-order valence-electron chi connectivity index (χ1n) is 18.6. The Labute approximate surface area is 316 Å². The van der Waals surface area contributed by atoms with Crippen LogP contribution in [0.15, 0.2) is 192 Å². The number of ether oxygens (including phenoxy) is 1. The lowest BCUT2D eigenvalue weighted by atomic mass is 9.99. The lowest BCUT2D eigenvalue weighted by molar-refractivity contribution is 0.477. The third-order valence-corrected chi connectivity index (χ3v) is 11.1. The number of nitrogens with zero attached hydrogens (tertiary/aromatic N) is 3. The Morgan fingerprint density at radius 1 is 0.382 bits per heavy atom. The zero-order valence-corrected chi connectivity index (χ0v) is 29.6. The van der Waals surface area contributed by atoms with Gasteiger partial charge in [-0.2, -0.15) is 0 Å². The standard InChI is InChI=1S/C50H31N3O2/c1-2-13-33(14-3-1)53-41-19-7-5-16-38(41)49-48-36(17-12-24-47(48)55-50(49)53)32-25-27-34(28-26-32)51-40-18-6-4-15-37(40)39-31-35(29-30-42(39)51)52-43-20-8-10-22-45(43)54-46-23-11-9-21-44(46)52/h1-31H. The van der Waals surface area contributed by atoms with Gasteiger partial charge in [-0.25, -0.2) is 0 Å². The number of benzene rings is 8. The molecule has 1 aliphatic heterocycles. The minimum Gasteiger partial charge on any atom is -0.453 e. The highest BCUT2D eigenvalue weighted by Crippen LogP contribution is 2.51. The molecule has 0 saturated carbocycles. The molecule has 0 radical (unpaired) electrons. The molecular formula is C50H31N3O2. The van der Waals surface area contributed by atoms with Gasteiger partial charge in [0.15, 0.2) is 11.5 Å². The monoisotopic (exact) mass is 705 g/mol. The highest BCUT2D eigenvalue weighted by atomic mass is 16.5. The zero-order valence-electron chi connectivity index (χ0n) is 29.6. The average Bonchev–Trinajstić information content (AvgIpc) is 3.90. The van der Waals surface area contributed by atoms with E-state index in [1.807, 2.05) is 30.3 Å². The zero-order chi connectivity index (χ0) is 36.0. The summed E-state index contributed by atoms with van der Waals surface area (Å²) in [5.41, 5.74) is 12.8. The molecule has 12 rings (SSSR count). The molecule has 55 heavy (non-hydrogen) atoms. The van der Waals surface area contributed by atoms with Gasteiger partial charge in [-0.3, -0.25) is 4.57 Å². The summed E-state index contributed by atoms with van der Waals surface area (Å²) in [4.78, 5) is 2.30. The van der Waals surface area contributed by atoms with Gasteiger partial charge in [0.25, 0.3) is 0 Å². The van der Waals surface area contributed by atoms with E-state index in [1.165, 1.54) is 16.2 Å². The van der Waals surface area contributed by atoms with E-state index >= 15 is 0 Å². The van der Waals surface area contributed by atoms with Crippen LogP contribution in [0.3, 0.4) is 0 Å². The maximum absolute atomic E-state index is 6.70. The van der Waals surface area contributed by atoms with Crippen molar-refractivity contribution in [3.05, 3.63) is 188 Å². The van der Waals surface area contributed by atoms with Crippen LogP contribution in [0.1, 0.15) is 0 Å². The first-order valence-corrected chi connectivity index (χ1v) is 18.6. The molecule has 0 aliphatic carbocycles. The van der Waals surface area contributed by atoms with Gasteiger partial charge >= 0.3 is 0 Å². The Morgan fingerprint density at radius 2 is 0.982 bits per heavy atom. The number of rotatable bonds is 4. The molecule has 5 nitrogen and oxygen atoms in total. The van der Waals surface area contributed by atoms with Crippen molar-refractivity contribution >= 4 is 71.8 Å². The smallest absolute Gasteiger partial charge is 0.213 e. The molecule has 258 valence electrons. The van der Waals surface area contributed by atoms with Crippen molar-refractivity contribution in [3.63, 3.8) is 0 Å². The number of hydrogen-bond acceptors (Lipinski definition) is 3. The Kier molecular flexibility index (Phi) is 6.27. The first-order chi connectivity index (χ1) is 27.3. The SMILES string of the molecule is c1ccc(-n2c3ccccc3c3c4c(-c5ccc(-n6c7ccccc7c7cc(N8c9ccccc9Oc9ccccc98)ccc76)cc5)cccc4oc32)cc1. The van der Waals surface area contributed by atoms with E-state index in [0.717, 1.165) is 89.7 Å². The fourth-order valence-electron chi connectivity index (χ4n) is 8.76. The molecule has 0 fully saturated rings. The first kappa shape index (κ1) is 30.0. The van der Waals surface area contributed by atoms with Crippen LogP contribution in [-0.2, 0) is 0 Å². The summed E-state index contributed by atoms with van der Waals surface area (Å²) in [6.07, 6.45) is 0. The summed E-state index contributed by atoms with van der Waals surface area (Å²) >= 11 is 0. The van der Waals surface area contributed by atoms with E-state index in [4.69, 9.17) is 9.15 Å². The average molecular weight is 706 g/mol. The normalized spacial score (nSPS) is 12.5. The van der Waals surface area contributed by atoms with Gasteiger partial charge in [0, 0.05) is 38.6 Å². The van der Waals surface area contributed by atoms with E-state index in [2.05, 4.69) is 172 Å². The number of furan rings is 1. The van der Waals surface area contributed by atoms with Crippen molar-refractivity contribution in [3.8, 4) is 34.0 Å². The summed E-state index contributed by atoms with van der Waals surface area (Å²) in [5.74, 6) is 1.69.